The maximum atomic E-state index is 12.2. The molecule has 1 fully saturated rings. The summed E-state index contributed by atoms with van der Waals surface area (Å²) in [7, 11) is 2.12. The molecular weight excluding hydrogens is 473 g/mol. The van der Waals surface area contributed by atoms with Gasteiger partial charge in [-0.25, -0.2) is 0 Å². The van der Waals surface area contributed by atoms with Crippen LogP contribution in [-0.4, -0.2) is 69.9 Å². The summed E-state index contributed by atoms with van der Waals surface area (Å²) in [6, 6.07) is 3.16. The summed E-state index contributed by atoms with van der Waals surface area (Å²) in [6.07, 6.45) is 7.43. The van der Waals surface area contributed by atoms with Gasteiger partial charge in [-0.05, 0) is 7.05 Å². The summed E-state index contributed by atoms with van der Waals surface area (Å²) in [4.78, 5) is 30.3. The Morgan fingerprint density at radius 3 is 2.79 bits per heavy atom. The minimum atomic E-state index is -2.48. The molecule has 8 nitrogen and oxygen atoms in total. The molecule has 0 unspecified atom stereocenters. The van der Waals surface area contributed by atoms with E-state index in [0.717, 1.165) is 37.0 Å². The van der Waals surface area contributed by atoms with E-state index in [0.29, 0.717) is 24.0 Å². The number of nitrogens with one attached hydrogen (secondary N) is 2. The molecule has 3 amide bonds. The second-order valence-corrected chi connectivity index (χ2v) is 16.5. The molecule has 3 heterocycles. The Balaban J connectivity index is 1.52. The molecule has 3 rings (SSSR count). The van der Waals surface area contributed by atoms with E-state index in [1.165, 1.54) is 0 Å². The zero-order chi connectivity index (χ0) is 20.8. The van der Waals surface area contributed by atoms with Crippen LogP contribution >= 0.6 is 0 Å². The molecule has 0 radical (unpaired) electrons. The first-order valence-corrected chi connectivity index (χ1v) is 15.7. The molecule has 1 aromatic heterocycles. The van der Waals surface area contributed by atoms with Gasteiger partial charge in [0.25, 0.3) is 0 Å². The third-order valence-electron chi connectivity index (χ3n) is 5.44. The van der Waals surface area contributed by atoms with Crippen LogP contribution in [0.15, 0.2) is 37.3 Å². The molecular formula is C20H28InN5O3. The first-order chi connectivity index (χ1) is 14.0. The first-order valence-electron chi connectivity index (χ1n) is 10.0. The topological polar surface area (TPSA) is 110 Å². The number of allylic oxidation sites excluding steroid dienone is 2. The van der Waals surface area contributed by atoms with E-state index in [9.17, 15) is 9.59 Å². The Labute approximate surface area is 179 Å². The molecule has 2 aliphatic heterocycles. The molecule has 2 aliphatic rings. The van der Waals surface area contributed by atoms with E-state index in [-0.39, 0.29) is 11.9 Å². The average molecular weight is 501 g/mol. The molecule has 0 aromatic carbocycles. The molecule has 0 saturated carbocycles. The third-order valence-corrected chi connectivity index (χ3v) is 14.1. The monoisotopic (exact) mass is 501 g/mol. The van der Waals surface area contributed by atoms with Crippen molar-refractivity contribution in [1.82, 2.24) is 15.2 Å². The quantitative estimate of drug-likeness (QED) is 0.529. The number of hydrogen-bond donors (Lipinski definition) is 3. The molecule has 0 spiro atoms. The van der Waals surface area contributed by atoms with E-state index in [4.69, 9.17) is 10.5 Å². The summed E-state index contributed by atoms with van der Waals surface area (Å²) in [5.41, 5.74) is 5.48. The molecule has 1 aromatic rings. The number of ether oxygens (including phenoxy) is 1. The number of carbonyl (C=O) groups is 2. The fourth-order valence-corrected chi connectivity index (χ4v) is 10.6. The van der Waals surface area contributed by atoms with Crippen LogP contribution in [0.3, 0.4) is 0 Å². The number of rotatable bonds is 7. The predicted molar refractivity (Wildman–Crippen MR) is 114 cm³/mol. The van der Waals surface area contributed by atoms with Crippen LogP contribution in [0.1, 0.15) is 19.8 Å². The molecule has 0 bridgehead atoms. The van der Waals surface area contributed by atoms with Crippen LogP contribution in [0.2, 0.25) is 4.18 Å². The van der Waals surface area contributed by atoms with Crippen LogP contribution in [0.5, 0.6) is 5.75 Å². The molecule has 154 valence electrons. The van der Waals surface area contributed by atoms with Crippen molar-refractivity contribution in [2.45, 2.75) is 23.9 Å². The van der Waals surface area contributed by atoms with Gasteiger partial charge in [0.15, 0.2) is 0 Å². The number of anilines is 1. The van der Waals surface area contributed by atoms with Crippen molar-refractivity contribution in [2.24, 2.45) is 11.7 Å². The van der Waals surface area contributed by atoms with Crippen LogP contribution < -0.4 is 21.1 Å². The van der Waals surface area contributed by atoms with Gasteiger partial charge in [0.2, 0.25) is 0 Å². The SMILES string of the molecule is C[CH2][In]1[C](Oc2ccnc(NC(=O)NCC3CCN(C)CC3)c2)=CC=[C]1C(N)=O. The number of nitrogens with two attached hydrogens (primary N) is 1. The van der Waals surface area contributed by atoms with E-state index >= 15 is 0 Å². The van der Waals surface area contributed by atoms with Gasteiger partial charge in [0.1, 0.15) is 0 Å². The van der Waals surface area contributed by atoms with E-state index in [1.807, 2.05) is 6.08 Å². The molecule has 9 heteroatoms. The van der Waals surface area contributed by atoms with Crippen molar-refractivity contribution >= 4 is 39.2 Å². The molecule has 1 saturated heterocycles. The zero-order valence-electron chi connectivity index (χ0n) is 17.0. The number of nitrogens with zero attached hydrogens (tertiary/aromatic N) is 2. The average Bonchev–Trinajstić information content (AvgIpc) is 3.10. The summed E-state index contributed by atoms with van der Waals surface area (Å²) >= 11 is -2.48. The Morgan fingerprint density at radius 2 is 2.10 bits per heavy atom. The van der Waals surface area contributed by atoms with Gasteiger partial charge in [-0.2, -0.15) is 0 Å². The standard InChI is InChI=1S/C18H23N5O3.C2H5.In/c1-23-9-6-14(7-10-23)13-21-18(25)22-17-12-15(5-8-20-17)26-11-3-2-4-16(19)24;1-2;/h2-3,5,8,12,14H,6-7,9-10,13H2,1H3,(H2,19,24)(H2,20,21,22,25);1H2,2H3;. The number of likely N-dealkylation sites (tertiary alicyclic amines) is 1. The number of aromatic nitrogens is 1. The molecule has 29 heavy (non-hydrogen) atoms. The second-order valence-electron chi connectivity index (χ2n) is 7.58. The van der Waals surface area contributed by atoms with Crippen LogP contribution in [-0.2, 0) is 4.79 Å². The summed E-state index contributed by atoms with van der Waals surface area (Å²) in [6.45, 7) is 4.87. The van der Waals surface area contributed by atoms with Gasteiger partial charge in [0, 0.05) is 0 Å². The van der Waals surface area contributed by atoms with Gasteiger partial charge in [-0.1, -0.05) is 0 Å². The predicted octanol–water partition coefficient (Wildman–Crippen LogP) is 1.83. The number of amides is 3. The normalized spacial score (nSPS) is 17.5. The maximum absolute atomic E-state index is 12.2. The van der Waals surface area contributed by atoms with Crippen molar-refractivity contribution in [2.75, 3.05) is 32.0 Å². The number of hydrogen-bond acceptors (Lipinski definition) is 5. The molecule has 0 atom stereocenters. The van der Waals surface area contributed by atoms with E-state index < -0.39 is 21.4 Å². The fraction of sp³-hybridized carbons (Fsp3) is 0.450. The van der Waals surface area contributed by atoms with Crippen LogP contribution in [0, 0.1) is 5.92 Å². The van der Waals surface area contributed by atoms with Gasteiger partial charge >= 0.3 is 167 Å². The van der Waals surface area contributed by atoms with Gasteiger partial charge in [-0.3, -0.25) is 0 Å². The fourth-order valence-electron chi connectivity index (χ4n) is 3.68. The Kier molecular flexibility index (Phi) is 7.60. The minimum absolute atomic E-state index is 0.267. The first kappa shape index (κ1) is 21.7. The number of piperidine rings is 1. The van der Waals surface area contributed by atoms with Gasteiger partial charge in [-0.15, -0.1) is 0 Å². The van der Waals surface area contributed by atoms with Crippen molar-refractivity contribution in [3.05, 3.63) is 37.3 Å². The summed E-state index contributed by atoms with van der Waals surface area (Å²) in [5, 5.41) is 5.70. The zero-order valence-corrected chi connectivity index (χ0v) is 20.3. The number of primary amides is 1. The van der Waals surface area contributed by atoms with Crippen molar-refractivity contribution in [3.63, 3.8) is 0 Å². The summed E-state index contributed by atoms with van der Waals surface area (Å²) in [5.74, 6) is 1.18. The van der Waals surface area contributed by atoms with E-state index in [2.05, 4.69) is 34.5 Å². The second kappa shape index (κ2) is 10.2. The van der Waals surface area contributed by atoms with E-state index in [1.54, 1.807) is 24.4 Å². The number of carbonyl (C=O) groups excluding carboxylic acids is 2. The van der Waals surface area contributed by atoms with Crippen molar-refractivity contribution in [3.8, 4) is 5.75 Å². The Hall–Kier alpha value is -2.00. The van der Waals surface area contributed by atoms with Crippen LogP contribution in [0.4, 0.5) is 10.6 Å². The van der Waals surface area contributed by atoms with Crippen molar-refractivity contribution < 1.29 is 14.3 Å². The third kappa shape index (κ3) is 5.99. The summed E-state index contributed by atoms with van der Waals surface area (Å²) < 4.78 is 8.56. The molecule has 4 N–H and O–H groups in total. The molecule has 0 aliphatic carbocycles. The number of urea groups is 1. The Bertz CT molecular complexity index is 818. The van der Waals surface area contributed by atoms with Gasteiger partial charge in [0.05, 0.1) is 0 Å². The van der Waals surface area contributed by atoms with Crippen LogP contribution in [0.25, 0.3) is 0 Å². The Morgan fingerprint density at radius 1 is 1.34 bits per heavy atom. The number of pyridine rings is 1. The van der Waals surface area contributed by atoms with Crippen molar-refractivity contribution in [1.29, 1.82) is 0 Å². The van der Waals surface area contributed by atoms with Gasteiger partial charge < -0.3 is 4.90 Å².